The summed E-state index contributed by atoms with van der Waals surface area (Å²) in [5.74, 6) is 6.20. The molecule has 232 valence electrons. The highest BCUT2D eigenvalue weighted by Crippen LogP contribution is 2.60. The number of rotatable bonds is 3. The lowest BCUT2D eigenvalue weighted by atomic mass is 9.86. The molecule has 0 fully saturated rings. The average Bonchev–Trinajstić information content (AvgIpc) is 3.06. The van der Waals surface area contributed by atoms with Gasteiger partial charge in [0.2, 0.25) is 11.5 Å². The molecular weight excluding hydrogens is 568 g/mol. The maximum absolute atomic E-state index is 7.01. The molecule has 8 nitrogen and oxygen atoms in total. The maximum Gasteiger partial charge on any atom is 0.212 e. The Morgan fingerprint density at radius 2 is 1.09 bits per heavy atom. The van der Waals surface area contributed by atoms with Crippen LogP contribution in [0.3, 0.4) is 0 Å². The van der Waals surface area contributed by atoms with Gasteiger partial charge in [-0.15, -0.1) is 0 Å². The summed E-state index contributed by atoms with van der Waals surface area (Å²) in [5.41, 5.74) is 7.01. The van der Waals surface area contributed by atoms with Crippen molar-refractivity contribution in [1.82, 2.24) is 9.80 Å². The van der Waals surface area contributed by atoms with Crippen molar-refractivity contribution in [2.24, 2.45) is 0 Å². The van der Waals surface area contributed by atoms with Gasteiger partial charge < -0.3 is 28.4 Å². The first-order valence-corrected chi connectivity index (χ1v) is 15.6. The number of benzene rings is 4. The Hall–Kier alpha value is -4.40. The maximum atomic E-state index is 7.01. The molecule has 10 rings (SSSR count). The van der Waals surface area contributed by atoms with Crippen molar-refractivity contribution < 1.29 is 28.4 Å². The molecular formula is C37H38N2O6. The van der Waals surface area contributed by atoms with Crippen LogP contribution in [0.15, 0.2) is 54.6 Å². The molecule has 0 aromatic heterocycles. The molecule has 6 aliphatic rings. The summed E-state index contributed by atoms with van der Waals surface area (Å²) in [7, 11) is 9.44. The molecule has 0 saturated heterocycles. The summed E-state index contributed by atoms with van der Waals surface area (Å²) in [4.78, 5) is 4.80. The number of fused-ring (bicyclic) bond motifs is 1. The van der Waals surface area contributed by atoms with E-state index < -0.39 is 0 Å². The minimum Gasteiger partial charge on any atom is -0.493 e. The van der Waals surface area contributed by atoms with Crippen LogP contribution in [0, 0.1) is 0 Å². The van der Waals surface area contributed by atoms with E-state index in [1.807, 2.05) is 18.2 Å². The molecule has 45 heavy (non-hydrogen) atoms. The Labute approximate surface area is 264 Å². The largest absolute Gasteiger partial charge is 0.493 e. The van der Waals surface area contributed by atoms with Crippen molar-refractivity contribution in [3.8, 4) is 51.7 Å². The standard InChI is InChI=1S/C37H38N2O6/c1-38-14-12-23-19-30(41-4)34-36-32(23)26(38)16-21-6-9-25(10-7-21)43-29-18-22(8-11-28(29)40-3)17-27-33-24(13-15-39(27)2)20-31(42-5)35(44-36)37(33)45-34/h6-11,18-20,26-27H,12-17H2,1-5H3. The minimum absolute atomic E-state index is 0.0282. The van der Waals surface area contributed by atoms with Gasteiger partial charge >= 0.3 is 0 Å². The van der Waals surface area contributed by atoms with Crippen molar-refractivity contribution in [2.45, 2.75) is 37.8 Å². The third-order valence-corrected chi connectivity index (χ3v) is 9.94. The quantitative estimate of drug-likeness (QED) is 0.213. The van der Waals surface area contributed by atoms with Gasteiger partial charge in [0.15, 0.2) is 34.5 Å². The zero-order valence-corrected chi connectivity index (χ0v) is 26.4. The zero-order valence-electron chi connectivity index (χ0n) is 26.4. The van der Waals surface area contributed by atoms with E-state index in [1.165, 1.54) is 16.7 Å². The molecule has 2 unspecified atom stereocenters. The highest BCUT2D eigenvalue weighted by molar-refractivity contribution is 5.71. The van der Waals surface area contributed by atoms with E-state index in [1.54, 1.807) is 21.3 Å². The second-order valence-corrected chi connectivity index (χ2v) is 12.5. The van der Waals surface area contributed by atoms with Gasteiger partial charge in [-0.05, 0) is 98.4 Å². The molecule has 0 N–H and O–H groups in total. The van der Waals surface area contributed by atoms with E-state index in [-0.39, 0.29) is 12.1 Å². The van der Waals surface area contributed by atoms with Crippen molar-refractivity contribution in [3.05, 3.63) is 88.0 Å². The van der Waals surface area contributed by atoms with Gasteiger partial charge in [-0.2, -0.15) is 0 Å². The van der Waals surface area contributed by atoms with E-state index in [2.05, 4.69) is 60.3 Å². The average molecular weight is 607 g/mol. The molecule has 0 spiro atoms. The van der Waals surface area contributed by atoms with E-state index in [4.69, 9.17) is 28.4 Å². The predicted octanol–water partition coefficient (Wildman–Crippen LogP) is 7.26. The van der Waals surface area contributed by atoms with Crippen LogP contribution in [0.2, 0.25) is 0 Å². The molecule has 4 aromatic carbocycles. The number of ether oxygens (including phenoxy) is 6. The monoisotopic (exact) mass is 606 g/mol. The second-order valence-electron chi connectivity index (χ2n) is 12.5. The van der Waals surface area contributed by atoms with Crippen LogP contribution in [0.1, 0.15) is 45.5 Å². The van der Waals surface area contributed by atoms with E-state index >= 15 is 0 Å². The van der Waals surface area contributed by atoms with Gasteiger partial charge in [-0.3, -0.25) is 9.80 Å². The van der Waals surface area contributed by atoms with Crippen molar-refractivity contribution in [2.75, 3.05) is 48.5 Å². The van der Waals surface area contributed by atoms with E-state index in [0.717, 1.165) is 61.2 Å². The summed E-state index contributed by atoms with van der Waals surface area (Å²) in [6.45, 7) is 1.84. The van der Waals surface area contributed by atoms with Gasteiger partial charge in [0.1, 0.15) is 5.75 Å². The Bertz CT molecular complexity index is 1800. The summed E-state index contributed by atoms with van der Waals surface area (Å²) < 4.78 is 38.1. The van der Waals surface area contributed by atoms with E-state index in [0.29, 0.717) is 46.0 Å². The number of likely N-dealkylation sites (N-methyl/N-ethyl adjacent to an activating group) is 2. The summed E-state index contributed by atoms with van der Waals surface area (Å²) in [6, 6.07) is 19.0. The highest BCUT2D eigenvalue weighted by Gasteiger charge is 2.40. The van der Waals surface area contributed by atoms with Crippen LogP contribution in [0.4, 0.5) is 0 Å². The lowest BCUT2D eigenvalue weighted by molar-refractivity contribution is 0.211. The smallest absolute Gasteiger partial charge is 0.212 e. The molecule has 0 aliphatic carbocycles. The minimum atomic E-state index is 0.0282. The predicted molar refractivity (Wildman–Crippen MR) is 171 cm³/mol. The second kappa shape index (κ2) is 10.9. The first-order valence-electron chi connectivity index (χ1n) is 15.6. The Morgan fingerprint density at radius 3 is 1.62 bits per heavy atom. The van der Waals surface area contributed by atoms with Crippen molar-refractivity contribution in [1.29, 1.82) is 0 Å². The molecule has 4 aromatic rings. The van der Waals surface area contributed by atoms with Crippen LogP contribution >= 0.6 is 0 Å². The number of methoxy groups -OCH3 is 3. The normalized spacial score (nSPS) is 19.9. The lowest BCUT2D eigenvalue weighted by Crippen LogP contribution is -2.35. The summed E-state index contributed by atoms with van der Waals surface area (Å²) in [5, 5.41) is 0. The topological polar surface area (TPSA) is 61.9 Å². The molecule has 6 aliphatic heterocycles. The van der Waals surface area contributed by atoms with Gasteiger partial charge in [-0.1, -0.05) is 18.2 Å². The molecule has 0 saturated carbocycles. The third-order valence-electron chi connectivity index (χ3n) is 9.94. The molecule has 0 amide bonds. The highest BCUT2D eigenvalue weighted by atomic mass is 16.6. The first-order chi connectivity index (χ1) is 21.9. The fourth-order valence-corrected chi connectivity index (χ4v) is 7.47. The van der Waals surface area contributed by atoms with Crippen LogP contribution in [-0.2, 0) is 25.7 Å². The first kappa shape index (κ1) is 28.1. The van der Waals surface area contributed by atoms with Gasteiger partial charge in [0, 0.05) is 36.3 Å². The lowest BCUT2D eigenvalue weighted by Gasteiger charge is -2.40. The Balaban J connectivity index is 1.38. The molecule has 6 heterocycles. The van der Waals surface area contributed by atoms with Gasteiger partial charge in [0.25, 0.3) is 0 Å². The number of nitrogens with zero attached hydrogens (tertiary/aromatic N) is 2. The van der Waals surface area contributed by atoms with Gasteiger partial charge in [0.05, 0.1) is 21.3 Å². The van der Waals surface area contributed by atoms with Crippen LogP contribution in [0.25, 0.3) is 0 Å². The third kappa shape index (κ3) is 4.58. The SMILES string of the molecule is COc1ccc2cc1Oc1ccc(cc1)CC1c3c(cc(OC)c4c3Oc3c(OC)cc5c(c3O4)C(C2)N(C)CC5)CCN1C. The Morgan fingerprint density at radius 1 is 0.578 bits per heavy atom. The fourth-order valence-electron chi connectivity index (χ4n) is 7.47. The van der Waals surface area contributed by atoms with Gasteiger partial charge in [-0.25, -0.2) is 0 Å². The molecule has 8 heteroatoms. The van der Waals surface area contributed by atoms with Crippen molar-refractivity contribution in [3.63, 3.8) is 0 Å². The zero-order chi connectivity index (χ0) is 30.8. The fraction of sp³-hybridized carbons (Fsp3) is 0.351. The number of hydrogen-bond donors (Lipinski definition) is 0. The summed E-state index contributed by atoms with van der Waals surface area (Å²) >= 11 is 0. The van der Waals surface area contributed by atoms with Crippen LogP contribution in [-0.4, -0.2) is 58.3 Å². The van der Waals surface area contributed by atoms with Crippen LogP contribution in [0.5, 0.6) is 51.7 Å². The molecule has 10 bridgehead atoms. The molecule has 0 radical (unpaired) electrons. The Kier molecular flexibility index (Phi) is 6.80. The van der Waals surface area contributed by atoms with Crippen LogP contribution < -0.4 is 28.4 Å². The number of hydrogen-bond acceptors (Lipinski definition) is 8. The summed E-state index contributed by atoms with van der Waals surface area (Å²) in [6.07, 6.45) is 3.31. The molecule has 2 atom stereocenters. The van der Waals surface area contributed by atoms with Crippen molar-refractivity contribution >= 4 is 0 Å². The van der Waals surface area contributed by atoms with E-state index in [9.17, 15) is 0 Å².